The molecule has 30 heavy (non-hydrogen) atoms. The highest BCUT2D eigenvalue weighted by Crippen LogP contribution is 2.54. The summed E-state index contributed by atoms with van der Waals surface area (Å²) in [6, 6.07) is 12.4. The lowest BCUT2D eigenvalue weighted by Crippen LogP contribution is -2.49. The highest BCUT2D eigenvalue weighted by Gasteiger charge is 2.46. The summed E-state index contributed by atoms with van der Waals surface area (Å²) in [6.07, 6.45) is 13.4. The smallest absolute Gasteiger partial charge is 0.0780 e. The molecule has 0 spiro atoms. The zero-order chi connectivity index (χ0) is 21.3. The molecule has 156 valence electrons. The average molecular weight is 429 g/mol. The number of hydrogen-bond donors (Lipinski definition) is 0. The first kappa shape index (κ1) is 20.3. The van der Waals surface area contributed by atoms with E-state index in [-0.39, 0.29) is 0 Å². The molecule has 0 aromatic heterocycles. The molecule has 2 heteroatoms. The van der Waals surface area contributed by atoms with Gasteiger partial charge in [0.2, 0.25) is 0 Å². The van der Waals surface area contributed by atoms with Gasteiger partial charge in [-0.25, -0.2) is 0 Å². The molecule has 0 atom stereocenters. The SMILES string of the molecule is C[Si](C)(C)c1ccc2c(c1)Cc1c-2ccc([Si](C)(C)C)c1C1(C2=CC=CC2)CCC1. The van der Waals surface area contributed by atoms with Gasteiger partial charge in [-0.3, -0.25) is 0 Å². The summed E-state index contributed by atoms with van der Waals surface area (Å²) in [6.45, 7) is 15.0. The van der Waals surface area contributed by atoms with E-state index in [0.717, 1.165) is 12.8 Å². The lowest BCUT2D eigenvalue weighted by atomic mass is 9.58. The van der Waals surface area contributed by atoms with Gasteiger partial charge >= 0.3 is 0 Å². The molecule has 1 saturated carbocycles. The van der Waals surface area contributed by atoms with Gasteiger partial charge in [0, 0.05) is 5.41 Å². The molecule has 3 aliphatic carbocycles. The van der Waals surface area contributed by atoms with Gasteiger partial charge in [-0.05, 0) is 53.5 Å². The van der Waals surface area contributed by atoms with Crippen molar-refractivity contribution in [3.05, 3.63) is 70.8 Å². The van der Waals surface area contributed by atoms with Crippen molar-refractivity contribution in [2.45, 2.75) is 76.8 Å². The minimum absolute atomic E-state index is 0.300. The molecule has 2 aromatic rings. The van der Waals surface area contributed by atoms with Crippen molar-refractivity contribution >= 4 is 26.5 Å². The zero-order valence-electron chi connectivity index (χ0n) is 19.7. The largest absolute Gasteiger partial charge is 0.0804 e. The van der Waals surface area contributed by atoms with Gasteiger partial charge in [-0.2, -0.15) is 0 Å². The molecule has 0 saturated heterocycles. The topological polar surface area (TPSA) is 0 Å². The van der Waals surface area contributed by atoms with Gasteiger partial charge in [-0.1, -0.05) is 110 Å². The number of allylic oxidation sites excluding steroid dienone is 4. The summed E-state index contributed by atoms with van der Waals surface area (Å²) in [5, 5.41) is 3.31. The monoisotopic (exact) mass is 428 g/mol. The first-order valence-corrected chi connectivity index (χ1v) is 18.8. The third-order valence-electron chi connectivity index (χ3n) is 7.82. The second-order valence-corrected chi connectivity index (χ2v) is 21.9. The summed E-state index contributed by atoms with van der Waals surface area (Å²) in [7, 11) is -2.75. The molecular weight excluding hydrogens is 392 g/mol. The maximum atomic E-state index is 2.56. The second kappa shape index (κ2) is 6.67. The Bertz CT molecular complexity index is 1080. The molecule has 0 aliphatic heterocycles. The molecule has 3 aliphatic rings. The molecule has 5 rings (SSSR count). The molecule has 0 N–H and O–H groups in total. The van der Waals surface area contributed by atoms with Crippen LogP contribution in [-0.2, 0) is 11.8 Å². The maximum Gasteiger partial charge on any atom is 0.0780 e. The average Bonchev–Trinajstić information content (AvgIpc) is 3.26. The van der Waals surface area contributed by atoms with Crippen LogP contribution < -0.4 is 10.4 Å². The lowest BCUT2D eigenvalue weighted by Gasteiger charge is -2.47. The van der Waals surface area contributed by atoms with Crippen LogP contribution in [-0.4, -0.2) is 16.1 Å². The van der Waals surface area contributed by atoms with Crippen molar-refractivity contribution < 1.29 is 0 Å². The van der Waals surface area contributed by atoms with E-state index in [1.165, 1.54) is 30.4 Å². The highest BCUT2D eigenvalue weighted by atomic mass is 28.3. The first-order chi connectivity index (χ1) is 14.1. The first-order valence-electron chi connectivity index (χ1n) is 11.8. The summed E-state index contributed by atoms with van der Waals surface area (Å²) in [5.41, 5.74) is 10.0. The Hall–Kier alpha value is -1.65. The Labute approximate surface area is 185 Å². The van der Waals surface area contributed by atoms with Gasteiger partial charge in [0.15, 0.2) is 0 Å². The van der Waals surface area contributed by atoms with Crippen LogP contribution in [0, 0.1) is 0 Å². The predicted molar refractivity (Wildman–Crippen MR) is 138 cm³/mol. The van der Waals surface area contributed by atoms with Crippen molar-refractivity contribution in [3.8, 4) is 11.1 Å². The number of hydrogen-bond acceptors (Lipinski definition) is 0. The van der Waals surface area contributed by atoms with Crippen molar-refractivity contribution in [3.63, 3.8) is 0 Å². The van der Waals surface area contributed by atoms with E-state index >= 15 is 0 Å². The number of benzene rings is 2. The van der Waals surface area contributed by atoms with Crippen molar-refractivity contribution in [1.82, 2.24) is 0 Å². The lowest BCUT2D eigenvalue weighted by molar-refractivity contribution is 0.291. The molecule has 2 aromatic carbocycles. The van der Waals surface area contributed by atoms with Gasteiger partial charge in [-0.15, -0.1) is 0 Å². The third kappa shape index (κ3) is 2.98. The maximum absolute atomic E-state index is 2.56. The van der Waals surface area contributed by atoms with Crippen molar-refractivity contribution in [2.75, 3.05) is 0 Å². The normalized spacial score (nSPS) is 19.3. The predicted octanol–water partition coefficient (Wildman–Crippen LogP) is 6.66. The quantitative estimate of drug-likeness (QED) is 0.408. The number of rotatable bonds is 4. The Morgan fingerprint density at radius 3 is 2.13 bits per heavy atom. The second-order valence-electron chi connectivity index (χ2n) is 11.8. The van der Waals surface area contributed by atoms with Crippen molar-refractivity contribution in [1.29, 1.82) is 0 Å². The fourth-order valence-electron chi connectivity index (χ4n) is 5.98. The fraction of sp³-hybridized carbons (Fsp3) is 0.429. The Kier molecular flexibility index (Phi) is 4.51. The van der Waals surface area contributed by atoms with Crippen LogP contribution in [0.5, 0.6) is 0 Å². The van der Waals surface area contributed by atoms with Gasteiger partial charge < -0.3 is 0 Å². The van der Waals surface area contributed by atoms with Crippen LogP contribution in [0.15, 0.2) is 54.1 Å². The Morgan fingerprint density at radius 2 is 1.57 bits per heavy atom. The van der Waals surface area contributed by atoms with Crippen LogP contribution >= 0.6 is 0 Å². The van der Waals surface area contributed by atoms with Crippen LogP contribution in [0.4, 0.5) is 0 Å². The van der Waals surface area contributed by atoms with Gasteiger partial charge in [0.25, 0.3) is 0 Å². The van der Waals surface area contributed by atoms with Crippen LogP contribution in [0.25, 0.3) is 11.1 Å². The fourth-order valence-corrected chi connectivity index (χ4v) is 8.89. The van der Waals surface area contributed by atoms with E-state index in [4.69, 9.17) is 0 Å². The van der Waals surface area contributed by atoms with Gasteiger partial charge in [0.05, 0.1) is 16.1 Å². The van der Waals surface area contributed by atoms with Crippen LogP contribution in [0.2, 0.25) is 39.3 Å². The molecule has 0 bridgehead atoms. The Morgan fingerprint density at radius 1 is 0.833 bits per heavy atom. The van der Waals surface area contributed by atoms with E-state index in [1.54, 1.807) is 32.6 Å². The van der Waals surface area contributed by atoms with Gasteiger partial charge in [0.1, 0.15) is 0 Å². The summed E-state index contributed by atoms with van der Waals surface area (Å²) < 4.78 is 0. The molecule has 0 radical (unpaired) electrons. The minimum Gasteiger partial charge on any atom is -0.0804 e. The van der Waals surface area contributed by atoms with E-state index in [2.05, 4.69) is 87.8 Å². The van der Waals surface area contributed by atoms with E-state index in [0.29, 0.717) is 5.41 Å². The summed E-state index contributed by atoms with van der Waals surface area (Å²) in [4.78, 5) is 0. The standard InChI is InChI=1S/C28H36Si2/c1-29(2,3)22-12-13-23-20(18-22)19-25-24(23)14-15-26(30(4,5)6)27(25)28(16-9-17-28)21-10-7-8-11-21/h7-8,10,12-15,18H,9,11,16-17,19H2,1-6H3. The molecule has 0 amide bonds. The summed E-state index contributed by atoms with van der Waals surface area (Å²) >= 11 is 0. The molecule has 0 unspecified atom stereocenters. The Balaban J connectivity index is 1.72. The number of fused-ring (bicyclic) bond motifs is 3. The summed E-state index contributed by atoms with van der Waals surface area (Å²) in [5.74, 6) is 0. The van der Waals surface area contributed by atoms with Crippen LogP contribution in [0.3, 0.4) is 0 Å². The molecule has 0 nitrogen and oxygen atoms in total. The highest BCUT2D eigenvalue weighted by molar-refractivity contribution is 6.89. The zero-order valence-corrected chi connectivity index (χ0v) is 21.7. The third-order valence-corrected chi connectivity index (χ3v) is 11.9. The molecular formula is C28H36Si2. The van der Waals surface area contributed by atoms with E-state index in [9.17, 15) is 0 Å². The van der Waals surface area contributed by atoms with E-state index < -0.39 is 16.1 Å². The van der Waals surface area contributed by atoms with Crippen LogP contribution in [0.1, 0.15) is 42.4 Å². The molecule has 1 fully saturated rings. The van der Waals surface area contributed by atoms with Crippen molar-refractivity contribution in [2.24, 2.45) is 0 Å². The molecule has 0 heterocycles. The van der Waals surface area contributed by atoms with E-state index in [1.807, 2.05) is 0 Å². The minimum atomic E-state index is -1.45.